The Hall–Kier alpha value is -1.99. The predicted molar refractivity (Wildman–Crippen MR) is 83.5 cm³/mol. The summed E-state index contributed by atoms with van der Waals surface area (Å²) in [6, 6.07) is 6.45. The molecule has 0 N–H and O–H groups in total. The van der Waals surface area contributed by atoms with Crippen LogP contribution in [0.1, 0.15) is 30.1 Å². The molecule has 2 bridgehead atoms. The van der Waals surface area contributed by atoms with Crippen LogP contribution in [-0.4, -0.2) is 35.8 Å². The molecule has 1 saturated heterocycles. The zero-order valence-electron chi connectivity index (χ0n) is 12.7. The predicted octanol–water partition coefficient (Wildman–Crippen LogP) is 1.94. The van der Waals surface area contributed by atoms with Crippen molar-refractivity contribution in [2.45, 2.75) is 36.2 Å². The zero-order valence-corrected chi connectivity index (χ0v) is 13.5. The summed E-state index contributed by atoms with van der Waals surface area (Å²) in [5, 5.41) is 0. The smallest absolute Gasteiger partial charge is 0.244 e. The van der Waals surface area contributed by atoms with Gasteiger partial charge in [-0.3, -0.25) is 0 Å². The second-order valence-corrected chi connectivity index (χ2v) is 7.73. The molecule has 0 amide bonds. The van der Waals surface area contributed by atoms with Crippen LogP contribution < -0.4 is 4.74 Å². The molecule has 3 heterocycles. The first-order valence-electron chi connectivity index (χ1n) is 7.57. The van der Waals surface area contributed by atoms with Crippen molar-refractivity contribution in [3.05, 3.63) is 48.0 Å². The fourth-order valence-electron chi connectivity index (χ4n) is 3.63. The molecule has 7 heteroatoms. The Morgan fingerprint density at radius 2 is 2.17 bits per heavy atom. The van der Waals surface area contributed by atoms with Crippen molar-refractivity contribution >= 4 is 10.0 Å². The van der Waals surface area contributed by atoms with Gasteiger partial charge in [0, 0.05) is 30.3 Å². The van der Waals surface area contributed by atoms with Gasteiger partial charge in [0.15, 0.2) is 0 Å². The van der Waals surface area contributed by atoms with Crippen LogP contribution in [-0.2, 0) is 16.4 Å². The molecule has 2 unspecified atom stereocenters. The van der Waals surface area contributed by atoms with Crippen LogP contribution in [0.5, 0.6) is 5.75 Å². The highest BCUT2D eigenvalue weighted by Gasteiger charge is 2.47. The highest BCUT2D eigenvalue weighted by molar-refractivity contribution is 7.89. The quantitative estimate of drug-likeness (QED) is 0.859. The minimum Gasteiger partial charge on any atom is -0.497 e. The Balaban J connectivity index is 1.79. The van der Waals surface area contributed by atoms with Gasteiger partial charge in [-0.2, -0.15) is 4.31 Å². The number of rotatable bonds is 3. The van der Waals surface area contributed by atoms with Crippen molar-refractivity contribution < 1.29 is 13.2 Å². The molecule has 1 aromatic heterocycles. The van der Waals surface area contributed by atoms with Crippen LogP contribution in [0.4, 0.5) is 0 Å². The first-order valence-corrected chi connectivity index (χ1v) is 9.01. The molecular weight excluding hydrogens is 314 g/mol. The molecule has 2 aliphatic rings. The maximum atomic E-state index is 13.2. The first kappa shape index (κ1) is 14.6. The number of hydrogen-bond donors (Lipinski definition) is 0. The number of benzene rings is 1. The Morgan fingerprint density at radius 3 is 3.00 bits per heavy atom. The largest absolute Gasteiger partial charge is 0.497 e. The summed E-state index contributed by atoms with van der Waals surface area (Å²) in [4.78, 5) is 8.68. The van der Waals surface area contributed by atoms with Crippen LogP contribution in [0.25, 0.3) is 0 Å². The summed E-state index contributed by atoms with van der Waals surface area (Å²) in [6.07, 6.45) is 5.60. The van der Waals surface area contributed by atoms with Crippen molar-refractivity contribution in [2.24, 2.45) is 0 Å². The van der Waals surface area contributed by atoms with Crippen LogP contribution in [0.3, 0.4) is 0 Å². The summed E-state index contributed by atoms with van der Waals surface area (Å²) >= 11 is 0. The Kier molecular flexibility index (Phi) is 3.35. The van der Waals surface area contributed by atoms with Crippen molar-refractivity contribution in [2.75, 3.05) is 7.11 Å². The standard InChI is InChI=1S/C16H17N3O3S/c1-22-12-3-2-4-13(8-12)23(20,21)19-11-5-6-16(19)14-9-17-10-18-15(14)7-11/h2-4,8-11,16H,5-7H2,1H3. The molecule has 2 aromatic rings. The van der Waals surface area contributed by atoms with Gasteiger partial charge in [0.25, 0.3) is 0 Å². The van der Waals surface area contributed by atoms with Gasteiger partial charge in [-0.15, -0.1) is 0 Å². The second kappa shape index (κ2) is 5.28. The minimum atomic E-state index is -3.58. The van der Waals surface area contributed by atoms with E-state index in [1.165, 1.54) is 13.4 Å². The lowest BCUT2D eigenvalue weighted by Gasteiger charge is -2.34. The van der Waals surface area contributed by atoms with E-state index >= 15 is 0 Å². The van der Waals surface area contributed by atoms with E-state index in [1.54, 1.807) is 34.8 Å². The third kappa shape index (κ3) is 2.22. The number of methoxy groups -OCH3 is 1. The van der Waals surface area contributed by atoms with E-state index in [1.807, 2.05) is 0 Å². The van der Waals surface area contributed by atoms with E-state index in [0.29, 0.717) is 12.2 Å². The highest BCUT2D eigenvalue weighted by Crippen LogP contribution is 2.45. The van der Waals surface area contributed by atoms with E-state index in [2.05, 4.69) is 9.97 Å². The van der Waals surface area contributed by atoms with Crippen LogP contribution in [0, 0.1) is 0 Å². The lowest BCUT2D eigenvalue weighted by atomic mass is 10.0. The van der Waals surface area contributed by atoms with Gasteiger partial charge >= 0.3 is 0 Å². The first-order chi connectivity index (χ1) is 11.1. The molecule has 0 radical (unpaired) electrons. The number of sulfonamides is 1. The van der Waals surface area contributed by atoms with Gasteiger partial charge in [-0.05, 0) is 25.0 Å². The van der Waals surface area contributed by atoms with Crippen molar-refractivity contribution in [3.63, 3.8) is 0 Å². The highest BCUT2D eigenvalue weighted by atomic mass is 32.2. The molecule has 0 saturated carbocycles. The Bertz CT molecular complexity index is 853. The maximum Gasteiger partial charge on any atom is 0.244 e. The summed E-state index contributed by atoms with van der Waals surface area (Å²) in [7, 11) is -2.04. The molecule has 0 spiro atoms. The topological polar surface area (TPSA) is 72.4 Å². The molecule has 1 fully saturated rings. The van der Waals surface area contributed by atoms with E-state index in [4.69, 9.17) is 4.74 Å². The van der Waals surface area contributed by atoms with Gasteiger partial charge in [0.05, 0.1) is 23.7 Å². The SMILES string of the molecule is COc1cccc(S(=O)(=O)N2C3CCC2c2cncnc2C3)c1. The molecular formula is C16H17N3O3S. The third-order valence-electron chi connectivity index (χ3n) is 4.67. The summed E-state index contributed by atoms with van der Waals surface area (Å²) in [5.74, 6) is 0.541. The molecule has 2 aliphatic heterocycles. The lowest BCUT2D eigenvalue weighted by molar-refractivity contribution is 0.300. The minimum absolute atomic E-state index is 0.0291. The number of fused-ring (bicyclic) bond motifs is 4. The van der Waals surface area contributed by atoms with Crippen LogP contribution in [0.2, 0.25) is 0 Å². The summed E-state index contributed by atoms with van der Waals surface area (Å²) in [5.41, 5.74) is 1.91. The summed E-state index contributed by atoms with van der Waals surface area (Å²) < 4.78 is 33.1. The van der Waals surface area contributed by atoms with Crippen molar-refractivity contribution in [3.8, 4) is 5.75 Å². The molecule has 1 aromatic carbocycles. The van der Waals surface area contributed by atoms with E-state index < -0.39 is 10.0 Å². The van der Waals surface area contributed by atoms with Crippen molar-refractivity contribution in [1.82, 2.24) is 14.3 Å². The number of hydrogen-bond acceptors (Lipinski definition) is 5. The van der Waals surface area contributed by atoms with Gasteiger partial charge in [0.1, 0.15) is 12.1 Å². The number of aromatic nitrogens is 2. The van der Waals surface area contributed by atoms with Gasteiger partial charge < -0.3 is 4.74 Å². The zero-order chi connectivity index (χ0) is 16.0. The Morgan fingerprint density at radius 1 is 1.30 bits per heavy atom. The molecule has 2 atom stereocenters. The molecule has 0 aliphatic carbocycles. The second-order valence-electron chi connectivity index (χ2n) is 5.89. The average Bonchev–Trinajstić information content (AvgIpc) is 2.91. The van der Waals surface area contributed by atoms with Crippen LogP contribution in [0.15, 0.2) is 41.7 Å². The fraction of sp³-hybridized carbons (Fsp3) is 0.375. The Labute approximate surface area is 135 Å². The van der Waals surface area contributed by atoms with Crippen molar-refractivity contribution in [1.29, 1.82) is 0 Å². The number of ether oxygens (including phenoxy) is 1. The lowest BCUT2D eigenvalue weighted by Crippen LogP contribution is -2.42. The third-order valence-corrected chi connectivity index (χ3v) is 6.63. The molecule has 120 valence electrons. The average molecular weight is 331 g/mol. The number of nitrogens with zero attached hydrogens (tertiary/aromatic N) is 3. The van der Waals surface area contributed by atoms with E-state index in [-0.39, 0.29) is 17.0 Å². The molecule has 4 rings (SSSR count). The molecule has 23 heavy (non-hydrogen) atoms. The monoisotopic (exact) mass is 331 g/mol. The summed E-state index contributed by atoms with van der Waals surface area (Å²) in [6.45, 7) is 0. The molecule has 6 nitrogen and oxygen atoms in total. The van der Waals surface area contributed by atoms with Gasteiger partial charge in [-0.1, -0.05) is 6.07 Å². The van der Waals surface area contributed by atoms with E-state index in [9.17, 15) is 8.42 Å². The fourth-order valence-corrected chi connectivity index (χ4v) is 5.51. The maximum absolute atomic E-state index is 13.2. The van der Waals surface area contributed by atoms with Gasteiger partial charge in [-0.25, -0.2) is 18.4 Å². The van der Waals surface area contributed by atoms with E-state index in [0.717, 1.165) is 24.1 Å². The van der Waals surface area contributed by atoms with Gasteiger partial charge in [0.2, 0.25) is 10.0 Å². The van der Waals surface area contributed by atoms with Crippen LogP contribution >= 0.6 is 0 Å². The normalized spacial score (nSPS) is 23.5.